The maximum Gasteiger partial charge on any atom is 0.234 e. The first kappa shape index (κ1) is 11.3. The van der Waals surface area contributed by atoms with E-state index in [1.54, 1.807) is 0 Å². The summed E-state index contributed by atoms with van der Waals surface area (Å²) in [5, 5.41) is 3.89. The van der Waals surface area contributed by atoms with E-state index in [0.29, 0.717) is 24.0 Å². The van der Waals surface area contributed by atoms with Crippen LogP contribution in [0, 0.1) is 5.82 Å². The number of rotatable bonds is 3. The molecule has 2 heterocycles. The Labute approximate surface area is 103 Å². The largest absolute Gasteiger partial charge is 0.338 e. The third-order valence-corrected chi connectivity index (χ3v) is 3.54. The smallest absolute Gasteiger partial charge is 0.234 e. The van der Waals surface area contributed by atoms with Gasteiger partial charge in [0.25, 0.3) is 0 Å². The minimum Gasteiger partial charge on any atom is -0.338 e. The second-order valence-corrected chi connectivity index (χ2v) is 4.62. The van der Waals surface area contributed by atoms with E-state index in [0.717, 1.165) is 25.5 Å². The van der Waals surface area contributed by atoms with Gasteiger partial charge in [-0.15, -0.1) is 0 Å². The second kappa shape index (κ2) is 4.13. The average Bonchev–Trinajstić information content (AvgIpc) is 2.79. The average molecular weight is 248 g/mol. The second-order valence-electron chi connectivity index (χ2n) is 4.62. The molecule has 0 aliphatic heterocycles. The Hall–Kier alpha value is -1.82. The van der Waals surface area contributed by atoms with Crippen LogP contribution in [0.3, 0.4) is 0 Å². The minimum atomic E-state index is -0.389. The van der Waals surface area contributed by atoms with E-state index in [1.165, 1.54) is 12.1 Å². The van der Waals surface area contributed by atoms with Crippen LogP contribution in [0.4, 0.5) is 4.39 Å². The number of pyridine rings is 1. The van der Waals surface area contributed by atoms with Gasteiger partial charge in [0.15, 0.2) is 0 Å². The molecule has 0 spiro atoms. The number of hydrogen-bond donors (Lipinski definition) is 1. The van der Waals surface area contributed by atoms with Gasteiger partial charge >= 0.3 is 0 Å². The molecule has 6 heteroatoms. The molecule has 0 aromatic carbocycles. The van der Waals surface area contributed by atoms with Crippen LogP contribution in [0.25, 0.3) is 11.5 Å². The summed E-state index contributed by atoms with van der Waals surface area (Å²) in [7, 11) is 0. The molecule has 0 radical (unpaired) electrons. The summed E-state index contributed by atoms with van der Waals surface area (Å²) in [6.45, 7) is 0.505. The number of nitrogens with two attached hydrogens (primary N) is 1. The predicted octanol–water partition coefficient (Wildman–Crippen LogP) is 1.65. The summed E-state index contributed by atoms with van der Waals surface area (Å²) in [4.78, 5) is 8.25. The van der Waals surface area contributed by atoms with Crippen LogP contribution in [0.5, 0.6) is 0 Å². The molecule has 1 saturated carbocycles. The molecule has 1 aliphatic carbocycles. The van der Waals surface area contributed by atoms with Crippen LogP contribution in [-0.2, 0) is 5.41 Å². The maximum absolute atomic E-state index is 12.8. The Bertz CT molecular complexity index is 542. The van der Waals surface area contributed by atoms with Crippen molar-refractivity contribution in [1.29, 1.82) is 0 Å². The third-order valence-electron chi connectivity index (χ3n) is 3.54. The standard InChI is InChI=1S/C12H13FN4O/c13-8-2-3-9(15-6-8)10-16-11(18-17-10)12(7-14)4-1-5-12/h2-3,6H,1,4-5,7,14H2. The van der Waals surface area contributed by atoms with Crippen molar-refractivity contribution in [2.24, 2.45) is 5.73 Å². The Morgan fingerprint density at radius 1 is 1.39 bits per heavy atom. The molecule has 3 rings (SSSR count). The van der Waals surface area contributed by atoms with Crippen molar-refractivity contribution in [2.45, 2.75) is 24.7 Å². The minimum absolute atomic E-state index is 0.161. The summed E-state index contributed by atoms with van der Waals surface area (Å²) < 4.78 is 18.0. The van der Waals surface area contributed by atoms with Gasteiger partial charge in [-0.1, -0.05) is 11.6 Å². The van der Waals surface area contributed by atoms with E-state index in [9.17, 15) is 4.39 Å². The summed E-state index contributed by atoms with van der Waals surface area (Å²) in [5.41, 5.74) is 6.11. The highest BCUT2D eigenvalue weighted by Gasteiger charge is 2.42. The lowest BCUT2D eigenvalue weighted by atomic mass is 9.69. The molecule has 0 amide bonds. The predicted molar refractivity (Wildman–Crippen MR) is 62.1 cm³/mol. The van der Waals surface area contributed by atoms with E-state index < -0.39 is 0 Å². The van der Waals surface area contributed by atoms with Crippen molar-refractivity contribution in [1.82, 2.24) is 15.1 Å². The Balaban J connectivity index is 1.91. The highest BCUT2D eigenvalue weighted by Crippen LogP contribution is 2.42. The summed E-state index contributed by atoms with van der Waals surface area (Å²) >= 11 is 0. The summed E-state index contributed by atoms with van der Waals surface area (Å²) in [5.74, 6) is 0.557. The van der Waals surface area contributed by atoms with Crippen molar-refractivity contribution in [3.8, 4) is 11.5 Å². The van der Waals surface area contributed by atoms with Crippen molar-refractivity contribution < 1.29 is 8.91 Å². The molecule has 5 nitrogen and oxygen atoms in total. The van der Waals surface area contributed by atoms with Crippen molar-refractivity contribution in [3.63, 3.8) is 0 Å². The zero-order chi connectivity index (χ0) is 12.6. The molecule has 94 valence electrons. The molecule has 1 fully saturated rings. The number of halogens is 1. The van der Waals surface area contributed by atoms with Crippen molar-refractivity contribution in [2.75, 3.05) is 6.54 Å². The molecular formula is C12H13FN4O. The number of nitrogens with zero attached hydrogens (tertiary/aromatic N) is 3. The highest BCUT2D eigenvalue weighted by molar-refractivity contribution is 5.47. The van der Waals surface area contributed by atoms with Crippen LogP contribution in [0.15, 0.2) is 22.9 Å². The zero-order valence-corrected chi connectivity index (χ0v) is 9.77. The normalized spacial score (nSPS) is 17.4. The fourth-order valence-corrected chi connectivity index (χ4v) is 2.16. The topological polar surface area (TPSA) is 77.8 Å². The number of aromatic nitrogens is 3. The van der Waals surface area contributed by atoms with Gasteiger partial charge in [0, 0.05) is 6.54 Å². The van der Waals surface area contributed by atoms with E-state index in [2.05, 4.69) is 15.1 Å². The van der Waals surface area contributed by atoms with E-state index in [-0.39, 0.29) is 11.2 Å². The lowest BCUT2D eigenvalue weighted by molar-refractivity contribution is 0.182. The highest BCUT2D eigenvalue weighted by atomic mass is 19.1. The molecule has 0 atom stereocenters. The Morgan fingerprint density at radius 2 is 2.22 bits per heavy atom. The molecule has 2 N–H and O–H groups in total. The van der Waals surface area contributed by atoms with Crippen LogP contribution >= 0.6 is 0 Å². The lowest BCUT2D eigenvalue weighted by Crippen LogP contribution is -2.41. The first-order chi connectivity index (χ1) is 8.73. The van der Waals surface area contributed by atoms with E-state index >= 15 is 0 Å². The van der Waals surface area contributed by atoms with Gasteiger partial charge in [-0.25, -0.2) is 9.37 Å². The monoisotopic (exact) mass is 248 g/mol. The van der Waals surface area contributed by atoms with Gasteiger partial charge in [0.2, 0.25) is 11.7 Å². The molecule has 0 saturated heterocycles. The Kier molecular flexibility index (Phi) is 2.59. The molecule has 0 unspecified atom stereocenters. The van der Waals surface area contributed by atoms with Gasteiger partial charge in [0.1, 0.15) is 11.5 Å². The van der Waals surface area contributed by atoms with Gasteiger partial charge < -0.3 is 10.3 Å². The third kappa shape index (κ3) is 1.69. The first-order valence-electron chi connectivity index (χ1n) is 5.90. The molecule has 18 heavy (non-hydrogen) atoms. The SMILES string of the molecule is NCC1(c2nc(-c3ccc(F)cn3)no2)CCC1. The van der Waals surface area contributed by atoms with Gasteiger partial charge in [-0.2, -0.15) is 4.98 Å². The van der Waals surface area contributed by atoms with Crippen molar-refractivity contribution >= 4 is 0 Å². The Morgan fingerprint density at radius 3 is 2.78 bits per heavy atom. The van der Waals surface area contributed by atoms with Crippen LogP contribution in [0.2, 0.25) is 0 Å². The molecule has 0 bridgehead atoms. The molecule has 2 aromatic rings. The van der Waals surface area contributed by atoms with E-state index in [1.807, 2.05) is 0 Å². The van der Waals surface area contributed by atoms with E-state index in [4.69, 9.17) is 10.3 Å². The quantitative estimate of drug-likeness (QED) is 0.893. The van der Waals surface area contributed by atoms with Crippen LogP contribution in [-0.4, -0.2) is 21.7 Å². The first-order valence-corrected chi connectivity index (χ1v) is 5.90. The van der Waals surface area contributed by atoms with Gasteiger partial charge in [-0.05, 0) is 25.0 Å². The van der Waals surface area contributed by atoms with Crippen molar-refractivity contribution in [3.05, 3.63) is 30.0 Å². The molecular weight excluding hydrogens is 235 g/mol. The maximum atomic E-state index is 12.8. The zero-order valence-electron chi connectivity index (χ0n) is 9.77. The van der Waals surface area contributed by atoms with Gasteiger partial charge in [0.05, 0.1) is 11.6 Å². The molecule has 1 aliphatic rings. The molecule has 2 aromatic heterocycles. The summed E-state index contributed by atoms with van der Waals surface area (Å²) in [6.07, 6.45) is 4.21. The summed E-state index contributed by atoms with van der Waals surface area (Å²) in [6, 6.07) is 2.85. The fourth-order valence-electron chi connectivity index (χ4n) is 2.16. The fraction of sp³-hybridized carbons (Fsp3) is 0.417. The lowest BCUT2D eigenvalue weighted by Gasteiger charge is -2.36. The van der Waals surface area contributed by atoms with Crippen LogP contribution in [0.1, 0.15) is 25.2 Å². The van der Waals surface area contributed by atoms with Crippen LogP contribution < -0.4 is 5.73 Å². The number of hydrogen-bond acceptors (Lipinski definition) is 5. The van der Waals surface area contributed by atoms with Gasteiger partial charge in [-0.3, -0.25) is 0 Å².